The van der Waals surface area contributed by atoms with E-state index in [2.05, 4.69) is 5.32 Å². The van der Waals surface area contributed by atoms with E-state index in [1.807, 2.05) is 0 Å². The quantitative estimate of drug-likeness (QED) is 0.492. The largest absolute Gasteiger partial charge is 0.348 e. The molecule has 0 unspecified atom stereocenters. The highest BCUT2D eigenvalue weighted by atomic mass is 16.6. The minimum atomic E-state index is -0.424. The second-order valence-corrected chi connectivity index (χ2v) is 3.54. The van der Waals surface area contributed by atoms with Crippen molar-refractivity contribution >= 4 is 11.6 Å². The van der Waals surface area contributed by atoms with Gasteiger partial charge in [0.05, 0.1) is 4.92 Å². The van der Waals surface area contributed by atoms with E-state index in [9.17, 15) is 14.9 Å². The van der Waals surface area contributed by atoms with Crippen LogP contribution in [-0.2, 0) is 11.3 Å². The van der Waals surface area contributed by atoms with Crippen LogP contribution in [0.4, 0.5) is 5.69 Å². The van der Waals surface area contributed by atoms with Gasteiger partial charge >= 0.3 is 0 Å². The van der Waals surface area contributed by atoms with E-state index in [1.54, 1.807) is 32.1 Å². The average molecular weight is 234 g/mol. The summed E-state index contributed by atoms with van der Waals surface area (Å²) in [5, 5.41) is 13.4. The first-order chi connectivity index (χ1) is 8.06. The molecular formula is C12H14N2O3. The van der Waals surface area contributed by atoms with Crippen molar-refractivity contribution in [1.82, 2.24) is 5.32 Å². The van der Waals surface area contributed by atoms with Crippen molar-refractivity contribution in [2.75, 3.05) is 0 Å². The Balaban J connectivity index is 2.82. The predicted molar refractivity (Wildman–Crippen MR) is 64.5 cm³/mol. The van der Waals surface area contributed by atoms with Gasteiger partial charge in [-0.15, -0.1) is 0 Å². The third kappa shape index (κ3) is 3.41. The average Bonchev–Trinajstić information content (AvgIpc) is 2.27. The van der Waals surface area contributed by atoms with Crippen LogP contribution in [0.5, 0.6) is 0 Å². The van der Waals surface area contributed by atoms with Crippen molar-refractivity contribution in [3.63, 3.8) is 0 Å². The molecule has 1 rings (SSSR count). The molecule has 0 saturated heterocycles. The van der Waals surface area contributed by atoms with Gasteiger partial charge in [0.15, 0.2) is 0 Å². The zero-order valence-corrected chi connectivity index (χ0v) is 9.77. The van der Waals surface area contributed by atoms with Gasteiger partial charge < -0.3 is 5.32 Å². The topological polar surface area (TPSA) is 72.2 Å². The van der Waals surface area contributed by atoms with Gasteiger partial charge in [-0.2, -0.15) is 0 Å². The molecule has 0 aliphatic carbocycles. The summed E-state index contributed by atoms with van der Waals surface area (Å²) in [7, 11) is 0. The van der Waals surface area contributed by atoms with E-state index in [4.69, 9.17) is 0 Å². The van der Waals surface area contributed by atoms with E-state index in [0.717, 1.165) is 5.56 Å². The predicted octanol–water partition coefficient (Wildman–Crippen LogP) is 2.10. The van der Waals surface area contributed by atoms with E-state index in [1.165, 1.54) is 12.1 Å². The number of nitro benzene ring substituents is 1. The normalized spacial score (nSPS) is 10.5. The number of carbonyl (C=O) groups excluding carboxylic acids is 1. The summed E-state index contributed by atoms with van der Waals surface area (Å²) in [6.07, 6.45) is 3.04. The van der Waals surface area contributed by atoms with Gasteiger partial charge in [-0.25, -0.2) is 0 Å². The lowest BCUT2D eigenvalue weighted by atomic mass is 10.1. The van der Waals surface area contributed by atoms with Crippen molar-refractivity contribution < 1.29 is 9.72 Å². The van der Waals surface area contributed by atoms with Crippen LogP contribution in [0.1, 0.15) is 18.1 Å². The van der Waals surface area contributed by atoms with Crippen LogP contribution in [0.25, 0.3) is 0 Å². The minimum Gasteiger partial charge on any atom is -0.348 e. The highest BCUT2D eigenvalue weighted by molar-refractivity contribution is 5.87. The molecular weight excluding hydrogens is 220 g/mol. The number of benzene rings is 1. The Kier molecular flexibility index (Phi) is 4.39. The Bertz CT molecular complexity index is 467. The first-order valence-electron chi connectivity index (χ1n) is 5.19. The van der Waals surface area contributed by atoms with Crippen LogP contribution in [0.15, 0.2) is 30.4 Å². The van der Waals surface area contributed by atoms with Crippen LogP contribution >= 0.6 is 0 Å². The zero-order chi connectivity index (χ0) is 12.8. The van der Waals surface area contributed by atoms with Crippen LogP contribution in [0.2, 0.25) is 0 Å². The molecule has 0 aromatic heterocycles. The first kappa shape index (κ1) is 12.9. The molecule has 90 valence electrons. The SMILES string of the molecule is C/C=C/C(=O)NCc1cccc([N+](=O)[O-])c1C. The van der Waals surface area contributed by atoms with Crippen LogP contribution in [-0.4, -0.2) is 10.8 Å². The second kappa shape index (κ2) is 5.79. The number of nitrogens with one attached hydrogen (secondary N) is 1. The van der Waals surface area contributed by atoms with Gasteiger partial charge in [0.1, 0.15) is 0 Å². The number of hydrogen-bond donors (Lipinski definition) is 1. The highest BCUT2D eigenvalue weighted by Gasteiger charge is 2.12. The molecule has 5 nitrogen and oxygen atoms in total. The molecule has 5 heteroatoms. The standard InChI is InChI=1S/C12H14N2O3/c1-3-5-12(15)13-8-10-6-4-7-11(9(10)2)14(16)17/h3-7H,8H2,1-2H3,(H,13,15)/b5-3+. The van der Waals surface area contributed by atoms with E-state index < -0.39 is 4.92 Å². The summed E-state index contributed by atoms with van der Waals surface area (Å²) in [6.45, 7) is 3.71. The van der Waals surface area contributed by atoms with Gasteiger partial charge in [-0.1, -0.05) is 18.2 Å². The Morgan fingerprint density at radius 1 is 1.53 bits per heavy atom. The fourth-order valence-electron chi connectivity index (χ4n) is 1.45. The highest BCUT2D eigenvalue weighted by Crippen LogP contribution is 2.20. The monoisotopic (exact) mass is 234 g/mol. The van der Waals surface area contributed by atoms with Crippen molar-refractivity contribution in [3.05, 3.63) is 51.6 Å². The smallest absolute Gasteiger partial charge is 0.272 e. The lowest BCUT2D eigenvalue weighted by molar-refractivity contribution is -0.385. The van der Waals surface area contributed by atoms with Gasteiger partial charge in [-0.3, -0.25) is 14.9 Å². The fourth-order valence-corrected chi connectivity index (χ4v) is 1.45. The Morgan fingerprint density at radius 3 is 2.82 bits per heavy atom. The van der Waals surface area contributed by atoms with Crippen molar-refractivity contribution in [2.24, 2.45) is 0 Å². The van der Waals surface area contributed by atoms with Gasteiger partial charge in [-0.05, 0) is 25.5 Å². The third-order valence-electron chi connectivity index (χ3n) is 2.39. The zero-order valence-electron chi connectivity index (χ0n) is 9.77. The maximum atomic E-state index is 11.2. The lowest BCUT2D eigenvalue weighted by Crippen LogP contribution is -2.20. The summed E-state index contributed by atoms with van der Waals surface area (Å²) in [5.74, 6) is -0.210. The maximum absolute atomic E-state index is 11.2. The molecule has 0 fully saturated rings. The van der Waals surface area contributed by atoms with Crippen molar-refractivity contribution in [3.8, 4) is 0 Å². The summed E-state index contributed by atoms with van der Waals surface area (Å²) in [5.41, 5.74) is 1.40. The molecule has 1 amide bonds. The van der Waals surface area contributed by atoms with E-state index >= 15 is 0 Å². The number of nitro groups is 1. The van der Waals surface area contributed by atoms with Crippen LogP contribution in [0, 0.1) is 17.0 Å². The molecule has 0 aliphatic heterocycles. The van der Waals surface area contributed by atoms with Crippen molar-refractivity contribution in [1.29, 1.82) is 0 Å². The van der Waals surface area contributed by atoms with Gasteiger partial charge in [0.25, 0.3) is 5.69 Å². The Morgan fingerprint density at radius 2 is 2.24 bits per heavy atom. The number of hydrogen-bond acceptors (Lipinski definition) is 3. The summed E-state index contributed by atoms with van der Waals surface area (Å²) in [4.78, 5) is 21.5. The summed E-state index contributed by atoms with van der Waals surface area (Å²) < 4.78 is 0. The minimum absolute atomic E-state index is 0.0720. The number of rotatable bonds is 4. The third-order valence-corrected chi connectivity index (χ3v) is 2.39. The Labute approximate surface area is 99.3 Å². The molecule has 17 heavy (non-hydrogen) atoms. The number of nitrogens with zero attached hydrogens (tertiary/aromatic N) is 1. The molecule has 1 aromatic rings. The molecule has 0 radical (unpaired) electrons. The van der Waals surface area contributed by atoms with E-state index in [-0.39, 0.29) is 18.1 Å². The van der Waals surface area contributed by atoms with Gasteiger partial charge in [0, 0.05) is 18.2 Å². The molecule has 0 atom stereocenters. The van der Waals surface area contributed by atoms with E-state index in [0.29, 0.717) is 5.56 Å². The molecule has 0 bridgehead atoms. The maximum Gasteiger partial charge on any atom is 0.272 e. The Hall–Kier alpha value is -2.17. The lowest BCUT2D eigenvalue weighted by Gasteiger charge is -2.06. The molecule has 1 aromatic carbocycles. The molecule has 1 N–H and O–H groups in total. The first-order valence-corrected chi connectivity index (χ1v) is 5.19. The van der Waals surface area contributed by atoms with Crippen LogP contribution in [0.3, 0.4) is 0 Å². The van der Waals surface area contributed by atoms with Crippen molar-refractivity contribution in [2.45, 2.75) is 20.4 Å². The van der Waals surface area contributed by atoms with Crippen LogP contribution < -0.4 is 5.32 Å². The summed E-state index contributed by atoms with van der Waals surface area (Å²) >= 11 is 0. The molecule has 0 spiro atoms. The molecule has 0 aliphatic rings. The number of allylic oxidation sites excluding steroid dienone is 1. The molecule has 0 saturated carbocycles. The second-order valence-electron chi connectivity index (χ2n) is 3.54. The summed E-state index contributed by atoms with van der Waals surface area (Å²) in [6, 6.07) is 4.83. The molecule has 0 heterocycles. The van der Waals surface area contributed by atoms with Gasteiger partial charge in [0.2, 0.25) is 5.91 Å². The fraction of sp³-hybridized carbons (Fsp3) is 0.250. The number of amides is 1. The number of carbonyl (C=O) groups is 1.